The first kappa shape index (κ1) is 13.8. The highest BCUT2D eigenvalue weighted by molar-refractivity contribution is 6.25. The van der Waals surface area contributed by atoms with Crippen LogP contribution in [0.5, 0.6) is 0 Å². The van der Waals surface area contributed by atoms with Crippen molar-refractivity contribution in [3.05, 3.63) is 48.6 Å². The number of nitrogens with two attached hydrogens (primary N) is 1. The number of hydrogen-bond acceptors (Lipinski definition) is 3. The minimum absolute atomic E-state index is 0.0426. The molecule has 120 valence electrons. The van der Waals surface area contributed by atoms with Crippen LogP contribution < -0.4 is 10.6 Å². The fourth-order valence-electron chi connectivity index (χ4n) is 4.82. The number of anilines is 2. The maximum absolute atomic E-state index is 13.1. The molecule has 1 heterocycles. The number of hydrogen-bond donors (Lipinski definition) is 1. The highest BCUT2D eigenvalue weighted by atomic mass is 16.2. The molecule has 3 aliphatic carbocycles. The molecule has 6 rings (SSSR count). The Morgan fingerprint density at radius 3 is 2.04 bits per heavy atom. The minimum atomic E-state index is -0.183. The van der Waals surface area contributed by atoms with E-state index in [2.05, 4.69) is 12.2 Å². The molecule has 2 N–H and O–H groups in total. The van der Waals surface area contributed by atoms with E-state index in [1.165, 1.54) is 4.90 Å². The van der Waals surface area contributed by atoms with Crippen LogP contribution in [0.4, 0.5) is 11.4 Å². The molecule has 4 nitrogen and oxygen atoms in total. The van der Waals surface area contributed by atoms with E-state index in [0.717, 1.165) is 23.6 Å². The number of carbonyl (C=O) groups excluding carboxylic acids is 2. The van der Waals surface area contributed by atoms with Crippen molar-refractivity contribution in [2.45, 2.75) is 12.8 Å². The Morgan fingerprint density at radius 2 is 1.42 bits per heavy atom. The van der Waals surface area contributed by atoms with Crippen LogP contribution in [0.25, 0.3) is 10.8 Å². The van der Waals surface area contributed by atoms with Crippen LogP contribution in [0.1, 0.15) is 12.8 Å². The Bertz CT molecular complexity index is 885. The Morgan fingerprint density at radius 1 is 0.833 bits per heavy atom. The first-order chi connectivity index (χ1) is 11.7. The van der Waals surface area contributed by atoms with E-state index in [9.17, 15) is 9.59 Å². The average Bonchev–Trinajstić information content (AvgIpc) is 2.89. The van der Waals surface area contributed by atoms with Gasteiger partial charge < -0.3 is 5.73 Å². The summed E-state index contributed by atoms with van der Waals surface area (Å²) in [4.78, 5) is 27.6. The molecular weight excluding hydrogens is 300 g/mol. The van der Waals surface area contributed by atoms with E-state index in [1.54, 1.807) is 0 Å². The summed E-state index contributed by atoms with van der Waals surface area (Å²) in [5.74, 6) is -0.0314. The van der Waals surface area contributed by atoms with Gasteiger partial charge in [-0.05, 0) is 36.8 Å². The molecule has 2 bridgehead atoms. The lowest BCUT2D eigenvalue weighted by Crippen LogP contribution is -2.38. The first-order valence-corrected chi connectivity index (χ1v) is 8.50. The Labute approximate surface area is 139 Å². The average molecular weight is 318 g/mol. The molecule has 4 unspecified atom stereocenters. The molecule has 0 aromatic heterocycles. The van der Waals surface area contributed by atoms with Gasteiger partial charge in [-0.1, -0.05) is 36.4 Å². The van der Waals surface area contributed by atoms with Crippen molar-refractivity contribution in [3.8, 4) is 0 Å². The van der Waals surface area contributed by atoms with Gasteiger partial charge in [-0.2, -0.15) is 0 Å². The van der Waals surface area contributed by atoms with Gasteiger partial charge in [0.2, 0.25) is 11.8 Å². The molecule has 4 aliphatic rings. The van der Waals surface area contributed by atoms with Crippen molar-refractivity contribution in [2.75, 3.05) is 10.6 Å². The number of imide groups is 1. The van der Waals surface area contributed by atoms with Gasteiger partial charge >= 0.3 is 0 Å². The van der Waals surface area contributed by atoms with Crippen LogP contribution in [0.2, 0.25) is 0 Å². The molecule has 1 saturated heterocycles. The van der Waals surface area contributed by atoms with Gasteiger partial charge in [-0.15, -0.1) is 0 Å². The number of fused-ring (bicyclic) bond motifs is 2. The zero-order chi connectivity index (χ0) is 16.4. The lowest BCUT2D eigenvalue weighted by Gasteiger charge is -2.38. The molecule has 2 aromatic carbocycles. The maximum atomic E-state index is 13.1. The van der Waals surface area contributed by atoms with Crippen LogP contribution in [0.15, 0.2) is 48.6 Å². The van der Waals surface area contributed by atoms with Gasteiger partial charge in [0.1, 0.15) is 0 Å². The van der Waals surface area contributed by atoms with E-state index in [4.69, 9.17) is 5.73 Å². The summed E-state index contributed by atoms with van der Waals surface area (Å²) >= 11 is 0. The van der Waals surface area contributed by atoms with Crippen molar-refractivity contribution in [1.82, 2.24) is 0 Å². The standard InChI is InChI=1S/C20H18N2O2/c21-15-5-1-4-14-13(15)3-2-6-16(14)22-19(23)17-11-7-8-12(10-9-11)18(17)20(22)24/h1-8,11-12,17-18H,9-10,21H2. The summed E-state index contributed by atoms with van der Waals surface area (Å²) < 4.78 is 0. The highest BCUT2D eigenvalue weighted by Crippen LogP contribution is 2.51. The first-order valence-electron chi connectivity index (χ1n) is 8.50. The smallest absolute Gasteiger partial charge is 0.238 e. The van der Waals surface area contributed by atoms with Gasteiger partial charge in [0.15, 0.2) is 0 Å². The summed E-state index contributed by atoms with van der Waals surface area (Å²) in [5.41, 5.74) is 7.40. The fourth-order valence-corrected chi connectivity index (χ4v) is 4.82. The predicted octanol–water partition coefficient (Wildman–Crippen LogP) is 3.12. The summed E-state index contributed by atoms with van der Waals surface area (Å²) in [7, 11) is 0. The van der Waals surface area contributed by atoms with E-state index in [1.807, 2.05) is 36.4 Å². The SMILES string of the molecule is Nc1cccc2c(N3C(=O)C4C5C=CC(CC5)C4C3=O)cccc12. The van der Waals surface area contributed by atoms with Crippen molar-refractivity contribution < 1.29 is 9.59 Å². The Balaban J connectivity index is 1.68. The molecule has 2 fully saturated rings. The van der Waals surface area contributed by atoms with Gasteiger partial charge in [-0.3, -0.25) is 9.59 Å². The summed E-state index contributed by atoms with van der Waals surface area (Å²) in [6.07, 6.45) is 6.31. The number of allylic oxidation sites excluding steroid dienone is 2. The van der Waals surface area contributed by atoms with Gasteiger partial charge in [0.25, 0.3) is 0 Å². The third kappa shape index (κ3) is 1.63. The van der Waals surface area contributed by atoms with Crippen LogP contribution in [-0.4, -0.2) is 11.8 Å². The number of amides is 2. The van der Waals surface area contributed by atoms with Gasteiger partial charge in [-0.25, -0.2) is 4.90 Å². The van der Waals surface area contributed by atoms with E-state index in [-0.39, 0.29) is 35.5 Å². The largest absolute Gasteiger partial charge is 0.398 e. The molecule has 2 amide bonds. The molecule has 1 aliphatic heterocycles. The number of benzene rings is 2. The van der Waals surface area contributed by atoms with E-state index < -0.39 is 0 Å². The second-order valence-corrected chi connectivity index (χ2v) is 7.07. The van der Waals surface area contributed by atoms with Gasteiger partial charge in [0, 0.05) is 16.5 Å². The minimum Gasteiger partial charge on any atom is -0.398 e. The summed E-state index contributed by atoms with van der Waals surface area (Å²) in [6, 6.07) is 11.3. The van der Waals surface area contributed by atoms with E-state index >= 15 is 0 Å². The topological polar surface area (TPSA) is 63.4 Å². The Hall–Kier alpha value is -2.62. The molecule has 24 heavy (non-hydrogen) atoms. The monoisotopic (exact) mass is 318 g/mol. The molecule has 1 saturated carbocycles. The van der Waals surface area contributed by atoms with Crippen LogP contribution >= 0.6 is 0 Å². The quantitative estimate of drug-likeness (QED) is 0.499. The van der Waals surface area contributed by atoms with E-state index in [0.29, 0.717) is 11.4 Å². The lowest BCUT2D eigenvalue weighted by atomic mass is 9.63. The third-order valence-corrected chi connectivity index (χ3v) is 5.93. The second-order valence-electron chi connectivity index (χ2n) is 7.07. The number of nitrogen functional groups attached to an aromatic ring is 1. The highest BCUT2D eigenvalue weighted by Gasteiger charge is 2.57. The van der Waals surface area contributed by atoms with Gasteiger partial charge in [0.05, 0.1) is 17.5 Å². The van der Waals surface area contributed by atoms with Crippen molar-refractivity contribution >= 4 is 34.0 Å². The lowest BCUT2D eigenvalue weighted by molar-refractivity contribution is -0.124. The van der Waals surface area contributed by atoms with Crippen molar-refractivity contribution in [1.29, 1.82) is 0 Å². The summed E-state index contributed by atoms with van der Waals surface area (Å²) in [6.45, 7) is 0. The fraction of sp³-hybridized carbons (Fsp3) is 0.300. The molecular formula is C20H18N2O2. The molecule has 4 heteroatoms. The Kier molecular flexibility index (Phi) is 2.70. The molecule has 0 spiro atoms. The number of carbonyl (C=O) groups is 2. The van der Waals surface area contributed by atoms with Crippen LogP contribution in [0, 0.1) is 23.7 Å². The van der Waals surface area contributed by atoms with Crippen LogP contribution in [0.3, 0.4) is 0 Å². The predicted molar refractivity (Wildman–Crippen MR) is 93.2 cm³/mol. The van der Waals surface area contributed by atoms with Crippen LogP contribution in [-0.2, 0) is 9.59 Å². The third-order valence-electron chi connectivity index (χ3n) is 5.93. The van der Waals surface area contributed by atoms with Crippen molar-refractivity contribution in [2.24, 2.45) is 23.7 Å². The van der Waals surface area contributed by atoms with Crippen molar-refractivity contribution in [3.63, 3.8) is 0 Å². The molecule has 2 aromatic rings. The number of rotatable bonds is 1. The zero-order valence-corrected chi connectivity index (χ0v) is 13.2. The molecule has 4 atom stereocenters. The number of nitrogens with zero attached hydrogens (tertiary/aromatic N) is 1. The molecule has 0 radical (unpaired) electrons. The normalized spacial score (nSPS) is 31.1. The zero-order valence-electron chi connectivity index (χ0n) is 13.2. The summed E-state index contributed by atoms with van der Waals surface area (Å²) in [5, 5.41) is 1.74. The second kappa shape index (κ2) is 4.69. The maximum Gasteiger partial charge on any atom is 0.238 e.